The molecule has 0 fully saturated rings. The summed E-state index contributed by atoms with van der Waals surface area (Å²) in [7, 11) is 1.65. The number of hydrogen-bond acceptors (Lipinski definition) is 5. The first-order valence-electron chi connectivity index (χ1n) is 12.0. The maximum Gasteiger partial charge on any atom is 0.161 e. The number of pyridine rings is 1. The molecule has 0 saturated heterocycles. The molecule has 0 amide bonds. The van der Waals surface area contributed by atoms with E-state index in [-0.39, 0.29) is 11.8 Å². The van der Waals surface area contributed by atoms with Crippen LogP contribution in [0.2, 0.25) is 0 Å². The van der Waals surface area contributed by atoms with Gasteiger partial charge in [-0.2, -0.15) is 0 Å². The van der Waals surface area contributed by atoms with E-state index in [0.717, 1.165) is 57.3 Å². The van der Waals surface area contributed by atoms with Gasteiger partial charge in [0.25, 0.3) is 0 Å². The number of ether oxygens (including phenoxy) is 2. The summed E-state index contributed by atoms with van der Waals surface area (Å²) in [5.74, 6) is 1.54. The minimum atomic E-state index is -0.239. The molecule has 0 bridgehead atoms. The number of nitrogens with zero attached hydrogens (tertiary/aromatic N) is 1. The minimum absolute atomic E-state index is 0.207. The lowest BCUT2D eigenvalue weighted by molar-refractivity contribution is -0.116. The van der Waals surface area contributed by atoms with Gasteiger partial charge in [-0.1, -0.05) is 42.5 Å². The topological polar surface area (TPSA) is 60.5 Å². The molecular weight excluding hydrogens is 436 g/mol. The van der Waals surface area contributed by atoms with Gasteiger partial charge >= 0.3 is 0 Å². The molecule has 3 aromatic carbocycles. The third-order valence-corrected chi connectivity index (χ3v) is 6.89. The van der Waals surface area contributed by atoms with Gasteiger partial charge in [-0.15, -0.1) is 0 Å². The Kier molecular flexibility index (Phi) is 5.45. The molecule has 6 rings (SSSR count). The van der Waals surface area contributed by atoms with E-state index < -0.39 is 0 Å². The van der Waals surface area contributed by atoms with Gasteiger partial charge < -0.3 is 14.8 Å². The SMILES string of the molecule is COc1cc(C2Nc3ccc4ncccc4c3C3=C2C(=O)CCC3)ccc1OCc1ccccc1. The molecule has 0 radical (unpaired) electrons. The first-order chi connectivity index (χ1) is 17.2. The Hall–Kier alpha value is -4.12. The third kappa shape index (κ3) is 3.83. The van der Waals surface area contributed by atoms with Crippen molar-refractivity contribution >= 4 is 27.9 Å². The monoisotopic (exact) mass is 462 g/mol. The van der Waals surface area contributed by atoms with E-state index in [2.05, 4.69) is 22.4 Å². The van der Waals surface area contributed by atoms with E-state index in [1.165, 1.54) is 0 Å². The Labute approximate surface area is 204 Å². The Morgan fingerprint density at radius 2 is 1.86 bits per heavy atom. The van der Waals surface area contributed by atoms with E-state index >= 15 is 0 Å². The van der Waals surface area contributed by atoms with Crippen LogP contribution in [0.15, 0.2) is 84.6 Å². The normalized spacial score (nSPS) is 16.9. The standard InChI is InChI=1S/C30H26N2O3/c1-34-27-17-20(12-15-26(27)35-18-19-7-3-2-4-8-19)30-29-22(9-5-11-25(29)33)28-21-10-6-16-31-23(21)13-14-24(28)32-30/h2-4,6-8,10,12-17,30,32H,5,9,11,18H2,1H3. The number of fused-ring (bicyclic) bond motifs is 4. The molecule has 35 heavy (non-hydrogen) atoms. The van der Waals surface area contributed by atoms with Crippen molar-refractivity contribution in [1.82, 2.24) is 4.98 Å². The highest BCUT2D eigenvalue weighted by molar-refractivity contribution is 6.12. The maximum atomic E-state index is 13.3. The van der Waals surface area contributed by atoms with Crippen LogP contribution in [0.25, 0.3) is 16.5 Å². The Morgan fingerprint density at radius 3 is 2.71 bits per heavy atom. The number of Topliss-reactive ketones (excluding diaryl/α,β-unsaturated/α-hetero) is 1. The summed E-state index contributed by atoms with van der Waals surface area (Å²) in [5, 5.41) is 4.74. The van der Waals surface area contributed by atoms with Gasteiger partial charge in [0, 0.05) is 34.8 Å². The molecule has 1 aromatic heterocycles. The predicted octanol–water partition coefficient (Wildman–Crippen LogP) is 6.50. The smallest absolute Gasteiger partial charge is 0.161 e. The van der Waals surface area contributed by atoms with Crippen LogP contribution in [0.1, 0.15) is 42.0 Å². The molecule has 1 unspecified atom stereocenters. The van der Waals surface area contributed by atoms with Crippen molar-refractivity contribution in [1.29, 1.82) is 0 Å². The molecular formula is C30H26N2O3. The number of methoxy groups -OCH3 is 1. The summed E-state index contributed by atoms with van der Waals surface area (Å²) >= 11 is 0. The summed E-state index contributed by atoms with van der Waals surface area (Å²) in [5.41, 5.74) is 7.17. The fraction of sp³-hybridized carbons (Fsp3) is 0.200. The van der Waals surface area contributed by atoms with E-state index in [4.69, 9.17) is 9.47 Å². The van der Waals surface area contributed by atoms with Gasteiger partial charge in [0.2, 0.25) is 0 Å². The number of carbonyl (C=O) groups excluding carboxylic acids is 1. The molecule has 1 atom stereocenters. The van der Waals surface area contributed by atoms with Gasteiger partial charge in [-0.3, -0.25) is 9.78 Å². The van der Waals surface area contributed by atoms with Crippen LogP contribution in [0.5, 0.6) is 11.5 Å². The van der Waals surface area contributed by atoms with Gasteiger partial charge in [-0.25, -0.2) is 0 Å². The summed E-state index contributed by atoms with van der Waals surface area (Å²) < 4.78 is 11.8. The fourth-order valence-electron chi connectivity index (χ4n) is 5.25. The van der Waals surface area contributed by atoms with Crippen molar-refractivity contribution in [2.24, 2.45) is 0 Å². The van der Waals surface area contributed by atoms with E-state index in [1.807, 2.05) is 66.9 Å². The molecule has 1 aliphatic carbocycles. The average molecular weight is 463 g/mol. The molecule has 0 saturated carbocycles. The van der Waals surface area contributed by atoms with E-state index in [0.29, 0.717) is 24.5 Å². The van der Waals surface area contributed by atoms with Crippen LogP contribution in [-0.2, 0) is 11.4 Å². The highest BCUT2D eigenvalue weighted by Crippen LogP contribution is 2.48. The van der Waals surface area contributed by atoms with Crippen molar-refractivity contribution in [3.63, 3.8) is 0 Å². The quantitative estimate of drug-likeness (QED) is 0.367. The number of rotatable bonds is 5. The zero-order valence-corrected chi connectivity index (χ0v) is 19.6. The highest BCUT2D eigenvalue weighted by atomic mass is 16.5. The number of ketones is 1. The average Bonchev–Trinajstić information content (AvgIpc) is 2.91. The van der Waals surface area contributed by atoms with Gasteiger partial charge in [0.1, 0.15) is 6.61 Å². The van der Waals surface area contributed by atoms with Gasteiger partial charge in [0.05, 0.1) is 18.7 Å². The lowest BCUT2D eigenvalue weighted by Gasteiger charge is -2.35. The number of aromatic nitrogens is 1. The fourth-order valence-corrected chi connectivity index (χ4v) is 5.25. The summed E-state index contributed by atoms with van der Waals surface area (Å²) in [6, 6.07) is 23.9. The van der Waals surface area contributed by atoms with Crippen molar-refractivity contribution in [3.8, 4) is 11.5 Å². The molecule has 1 N–H and O–H groups in total. The molecule has 1 aliphatic heterocycles. The van der Waals surface area contributed by atoms with Gasteiger partial charge in [0.15, 0.2) is 17.3 Å². The molecule has 0 spiro atoms. The second kappa shape index (κ2) is 8.91. The zero-order valence-electron chi connectivity index (χ0n) is 19.6. The van der Waals surface area contributed by atoms with Crippen LogP contribution in [-0.4, -0.2) is 17.9 Å². The first-order valence-corrected chi connectivity index (χ1v) is 12.0. The molecule has 174 valence electrons. The van der Waals surface area contributed by atoms with Gasteiger partial charge in [-0.05, 0) is 59.9 Å². The third-order valence-electron chi connectivity index (χ3n) is 6.89. The lowest BCUT2D eigenvalue weighted by atomic mass is 9.77. The molecule has 2 heterocycles. The predicted molar refractivity (Wildman–Crippen MR) is 138 cm³/mol. The van der Waals surface area contributed by atoms with Crippen LogP contribution in [0, 0.1) is 0 Å². The van der Waals surface area contributed by atoms with Crippen LogP contribution < -0.4 is 14.8 Å². The van der Waals surface area contributed by atoms with Crippen molar-refractivity contribution < 1.29 is 14.3 Å². The largest absolute Gasteiger partial charge is 0.493 e. The van der Waals surface area contributed by atoms with Crippen LogP contribution in [0.3, 0.4) is 0 Å². The summed E-state index contributed by atoms with van der Waals surface area (Å²) in [6.45, 7) is 0.459. The van der Waals surface area contributed by atoms with E-state index in [1.54, 1.807) is 7.11 Å². The second-order valence-electron chi connectivity index (χ2n) is 8.99. The summed E-state index contributed by atoms with van der Waals surface area (Å²) in [4.78, 5) is 17.8. The number of nitrogens with one attached hydrogen (secondary N) is 1. The number of hydrogen-bond donors (Lipinski definition) is 1. The molecule has 2 aliphatic rings. The number of benzene rings is 3. The highest BCUT2D eigenvalue weighted by Gasteiger charge is 2.35. The Morgan fingerprint density at radius 1 is 0.971 bits per heavy atom. The molecule has 5 heteroatoms. The Balaban J connectivity index is 1.40. The minimum Gasteiger partial charge on any atom is -0.493 e. The van der Waals surface area contributed by atoms with Crippen molar-refractivity contribution in [3.05, 3.63) is 101 Å². The Bertz CT molecular complexity index is 1460. The van der Waals surface area contributed by atoms with Crippen molar-refractivity contribution in [2.75, 3.05) is 12.4 Å². The number of allylic oxidation sites excluding steroid dienone is 1. The van der Waals surface area contributed by atoms with Crippen LogP contribution >= 0.6 is 0 Å². The van der Waals surface area contributed by atoms with E-state index in [9.17, 15) is 4.79 Å². The molecule has 4 aromatic rings. The maximum absolute atomic E-state index is 13.3. The van der Waals surface area contributed by atoms with Crippen LogP contribution in [0.4, 0.5) is 5.69 Å². The second-order valence-corrected chi connectivity index (χ2v) is 8.99. The zero-order chi connectivity index (χ0) is 23.8. The summed E-state index contributed by atoms with van der Waals surface area (Å²) in [6.07, 6.45) is 4.14. The number of anilines is 1. The van der Waals surface area contributed by atoms with Crippen molar-refractivity contribution in [2.45, 2.75) is 31.9 Å². The first kappa shape index (κ1) is 21.4. The lowest BCUT2D eigenvalue weighted by Crippen LogP contribution is -2.27. The number of carbonyl (C=O) groups is 1. The molecule has 5 nitrogen and oxygen atoms in total.